The van der Waals surface area contributed by atoms with Gasteiger partial charge in [-0.2, -0.15) is 0 Å². The highest BCUT2D eigenvalue weighted by molar-refractivity contribution is 7.28. The lowest BCUT2D eigenvalue weighted by Gasteiger charge is -2.45. The summed E-state index contributed by atoms with van der Waals surface area (Å²) in [5.74, 6) is 0. The number of nitrogens with zero attached hydrogens (tertiary/aromatic N) is 2. The first-order chi connectivity index (χ1) is 37.7. The molecule has 0 amide bonds. The Hall–Kier alpha value is -8.62. The molecule has 6 heteroatoms. The average Bonchev–Trinajstić information content (AvgIpc) is 4.27. The summed E-state index contributed by atoms with van der Waals surface area (Å²) in [5, 5.41) is 15.9. The van der Waals surface area contributed by atoms with Gasteiger partial charge in [0, 0.05) is 84.3 Å². The van der Waals surface area contributed by atoms with Crippen LogP contribution in [-0.4, -0.2) is 8.07 Å². The molecule has 0 saturated heterocycles. The van der Waals surface area contributed by atoms with Crippen molar-refractivity contribution in [2.45, 2.75) is 0 Å². The lowest BCUT2D eigenvalue weighted by atomic mass is 9.98. The number of hydrogen-bond acceptors (Lipinski definition) is 5. The first-order valence-electron chi connectivity index (χ1n) is 25.9. The minimum Gasteiger partial charge on any atom is -0.311 e. The standard InChI is InChI=1S/C70H44N2S3Si/c1-2-18-47(19-3-1)72-60-26-9-13-31-68(60)76(50-37-39-57-54-21-6-10-28-63(54)73-66(57)43-50,51-38-40-58-55-22-7-11-29-64(55)74-67(58)44-51)69-41-36-49(42-62(69)72)71(61-27-15-25-59-56-23-8-12-30-65(56)75-70(59)61)48-34-32-46(33-35-48)53-24-14-17-45-16-4-5-20-52(45)53/h1-44H. The molecule has 76 heavy (non-hydrogen) atoms. The number of rotatable bonds is 7. The smallest absolute Gasteiger partial charge is 0.184 e. The second kappa shape index (κ2) is 17.2. The van der Waals surface area contributed by atoms with Crippen LogP contribution in [0.2, 0.25) is 0 Å². The van der Waals surface area contributed by atoms with Crippen LogP contribution in [0.25, 0.3) is 82.4 Å². The van der Waals surface area contributed by atoms with Gasteiger partial charge in [0.05, 0.1) is 10.4 Å². The van der Waals surface area contributed by atoms with Crippen molar-refractivity contribution in [3.8, 4) is 11.1 Å². The van der Waals surface area contributed by atoms with Gasteiger partial charge in [-0.25, -0.2) is 0 Å². The van der Waals surface area contributed by atoms with Crippen molar-refractivity contribution in [1.29, 1.82) is 0 Å². The molecule has 3 aromatic heterocycles. The molecule has 0 unspecified atom stereocenters. The topological polar surface area (TPSA) is 6.48 Å². The molecule has 0 bridgehead atoms. The largest absolute Gasteiger partial charge is 0.311 e. The zero-order valence-corrected chi connectivity index (χ0v) is 44.5. The Morgan fingerprint density at radius 1 is 0.329 bits per heavy atom. The van der Waals surface area contributed by atoms with E-state index in [9.17, 15) is 0 Å². The number of benzene rings is 12. The molecule has 15 aromatic rings. The van der Waals surface area contributed by atoms with Crippen LogP contribution in [0.5, 0.6) is 0 Å². The van der Waals surface area contributed by atoms with Gasteiger partial charge in [-0.1, -0.05) is 188 Å². The molecular formula is C70H44N2S3Si. The molecule has 0 atom stereocenters. The monoisotopic (exact) mass is 1040 g/mol. The Kier molecular flexibility index (Phi) is 9.91. The minimum atomic E-state index is -3.18. The highest BCUT2D eigenvalue weighted by atomic mass is 32.1. The number of hydrogen-bond donors (Lipinski definition) is 0. The van der Waals surface area contributed by atoms with E-state index in [0.717, 1.165) is 22.7 Å². The van der Waals surface area contributed by atoms with E-state index in [1.807, 2.05) is 34.0 Å². The molecule has 0 spiro atoms. The first kappa shape index (κ1) is 43.7. The molecule has 0 radical (unpaired) electrons. The fourth-order valence-corrected chi connectivity index (χ4v) is 21.4. The molecule has 2 nitrogen and oxygen atoms in total. The summed E-state index contributed by atoms with van der Waals surface area (Å²) in [4.78, 5) is 5.07. The van der Waals surface area contributed by atoms with Crippen LogP contribution in [0, 0.1) is 0 Å². The van der Waals surface area contributed by atoms with Crippen LogP contribution >= 0.6 is 34.0 Å². The lowest BCUT2D eigenvalue weighted by Crippen LogP contribution is -2.77. The molecule has 1 aliphatic heterocycles. The second-order valence-corrected chi connectivity index (χ2v) is 26.9. The SMILES string of the molecule is c1ccc(N2c3ccccc3[Si](c3ccc4c(c3)sc3ccccc34)(c3ccc4c(c3)sc3ccccc34)c3ccc(N(c4ccc(-c5cccc6ccccc56)cc4)c4cccc5c4sc4ccccc45)cc32)cc1. The number of anilines is 6. The van der Waals surface area contributed by atoms with E-state index in [0.29, 0.717) is 0 Å². The van der Waals surface area contributed by atoms with Gasteiger partial charge in [0.15, 0.2) is 8.07 Å². The molecular weight excluding hydrogens is 993 g/mol. The molecule has 0 N–H and O–H groups in total. The van der Waals surface area contributed by atoms with Crippen LogP contribution in [-0.2, 0) is 0 Å². The van der Waals surface area contributed by atoms with Gasteiger partial charge in [0.25, 0.3) is 0 Å². The predicted molar refractivity (Wildman–Crippen MR) is 335 cm³/mol. The van der Waals surface area contributed by atoms with Gasteiger partial charge in [0.2, 0.25) is 0 Å². The van der Waals surface area contributed by atoms with Gasteiger partial charge in [0.1, 0.15) is 0 Å². The summed E-state index contributed by atoms with van der Waals surface area (Å²) in [6.45, 7) is 0. The van der Waals surface area contributed by atoms with Gasteiger partial charge in [-0.05, 0) is 122 Å². The van der Waals surface area contributed by atoms with Crippen LogP contribution < -0.4 is 30.5 Å². The molecule has 12 aromatic carbocycles. The third kappa shape index (κ3) is 6.55. The van der Waals surface area contributed by atoms with Crippen molar-refractivity contribution < 1.29 is 0 Å². The van der Waals surface area contributed by atoms with E-state index in [2.05, 4.69) is 277 Å². The Morgan fingerprint density at radius 3 is 1.57 bits per heavy atom. The van der Waals surface area contributed by atoms with Crippen molar-refractivity contribution in [2.24, 2.45) is 0 Å². The van der Waals surface area contributed by atoms with E-state index in [-0.39, 0.29) is 0 Å². The van der Waals surface area contributed by atoms with Crippen molar-refractivity contribution in [1.82, 2.24) is 0 Å². The highest BCUT2D eigenvalue weighted by Gasteiger charge is 2.49. The van der Waals surface area contributed by atoms with Crippen molar-refractivity contribution in [3.63, 3.8) is 0 Å². The summed E-state index contributed by atoms with van der Waals surface area (Å²) in [6.07, 6.45) is 0. The maximum Gasteiger partial charge on any atom is 0.184 e. The maximum absolute atomic E-state index is 3.18. The van der Waals surface area contributed by atoms with Gasteiger partial charge >= 0.3 is 0 Å². The average molecular weight is 1040 g/mol. The first-order valence-corrected chi connectivity index (χ1v) is 30.3. The summed E-state index contributed by atoms with van der Waals surface area (Å²) >= 11 is 5.70. The Labute approximate surface area is 452 Å². The summed E-state index contributed by atoms with van der Waals surface area (Å²) in [6, 6.07) is 101. The number of fused-ring (bicyclic) bond motifs is 12. The maximum atomic E-state index is 2.57. The highest BCUT2D eigenvalue weighted by Crippen LogP contribution is 2.48. The van der Waals surface area contributed by atoms with Crippen LogP contribution in [0.15, 0.2) is 267 Å². The van der Waals surface area contributed by atoms with Crippen molar-refractivity contribution in [2.75, 3.05) is 9.80 Å². The molecule has 16 rings (SSSR count). The molecule has 1 aliphatic rings. The predicted octanol–water partition coefficient (Wildman–Crippen LogP) is 18.2. The van der Waals surface area contributed by atoms with E-state index in [4.69, 9.17) is 0 Å². The van der Waals surface area contributed by atoms with Gasteiger partial charge < -0.3 is 9.80 Å². The second-order valence-electron chi connectivity index (χ2n) is 19.9. The van der Waals surface area contributed by atoms with E-state index in [1.54, 1.807) is 0 Å². The lowest BCUT2D eigenvalue weighted by molar-refractivity contribution is 1.26. The number of thiophene rings is 3. The molecule has 356 valence electrons. The quantitative estimate of drug-likeness (QED) is 0.147. The van der Waals surface area contributed by atoms with Gasteiger partial charge in [-0.15, -0.1) is 34.0 Å². The van der Waals surface area contributed by atoms with E-state index in [1.165, 1.54) is 115 Å². The van der Waals surface area contributed by atoms with Crippen molar-refractivity contribution >= 4 is 168 Å². The third-order valence-corrected chi connectivity index (χ3v) is 24.2. The van der Waals surface area contributed by atoms with Crippen LogP contribution in [0.4, 0.5) is 34.1 Å². The normalized spacial score (nSPS) is 13.1. The molecule has 0 fully saturated rings. The number of para-hydroxylation sites is 2. The van der Waals surface area contributed by atoms with E-state index >= 15 is 0 Å². The zero-order chi connectivity index (χ0) is 49.9. The minimum absolute atomic E-state index is 1.10. The fraction of sp³-hybridized carbons (Fsp3) is 0. The molecule has 4 heterocycles. The molecule has 0 aliphatic carbocycles. The Morgan fingerprint density at radius 2 is 0.855 bits per heavy atom. The fourth-order valence-electron chi connectivity index (χ4n) is 12.6. The third-order valence-electron chi connectivity index (χ3n) is 15.9. The zero-order valence-electron chi connectivity index (χ0n) is 41.0. The van der Waals surface area contributed by atoms with Crippen LogP contribution in [0.3, 0.4) is 0 Å². The van der Waals surface area contributed by atoms with Crippen molar-refractivity contribution in [3.05, 3.63) is 267 Å². The van der Waals surface area contributed by atoms with Gasteiger partial charge in [-0.3, -0.25) is 0 Å². The Bertz CT molecular complexity index is 4680. The van der Waals surface area contributed by atoms with Crippen LogP contribution in [0.1, 0.15) is 0 Å². The van der Waals surface area contributed by atoms with E-state index < -0.39 is 8.07 Å². The molecule has 0 saturated carbocycles. The summed E-state index contributed by atoms with van der Waals surface area (Å²) in [7, 11) is -3.18. The summed E-state index contributed by atoms with van der Waals surface area (Å²) in [5.41, 5.74) is 9.34. The summed E-state index contributed by atoms with van der Waals surface area (Å²) < 4.78 is 7.84. The Balaban J connectivity index is 0.989.